The van der Waals surface area contributed by atoms with E-state index >= 15 is 0 Å². The number of aliphatic hydroxyl groups excluding tert-OH is 1. The highest BCUT2D eigenvalue weighted by atomic mass is 16.6. The summed E-state index contributed by atoms with van der Waals surface area (Å²) in [5, 5.41) is 10.3. The standard InChI is InChI=1S/C13H18N2O4/c1-6-8(14)5-4-7-9(6)19-13(2,3)11(16)10(7)18-12(15)17/h4-5,10-11,16H,14H2,1-3H3,(H2,15,17). The van der Waals surface area contributed by atoms with Crippen molar-refractivity contribution in [2.24, 2.45) is 5.73 Å². The number of hydrogen-bond acceptors (Lipinski definition) is 5. The predicted octanol–water partition coefficient (Wildman–Crippen LogP) is 1.25. The molecule has 104 valence electrons. The van der Waals surface area contributed by atoms with Gasteiger partial charge in [0.1, 0.15) is 17.5 Å². The second-order valence-corrected chi connectivity index (χ2v) is 5.21. The first-order valence-electron chi connectivity index (χ1n) is 5.96. The SMILES string of the molecule is Cc1c(N)ccc2c1OC(C)(C)C(O)C2OC(N)=O. The van der Waals surface area contributed by atoms with Crippen molar-refractivity contribution in [1.82, 2.24) is 0 Å². The van der Waals surface area contributed by atoms with Crippen LogP contribution in [0.25, 0.3) is 0 Å². The van der Waals surface area contributed by atoms with Gasteiger partial charge < -0.3 is 26.0 Å². The molecule has 0 saturated heterocycles. The summed E-state index contributed by atoms with van der Waals surface area (Å²) in [6, 6.07) is 3.35. The Morgan fingerprint density at radius 2 is 2.11 bits per heavy atom. The fraction of sp³-hybridized carbons (Fsp3) is 0.462. The molecule has 6 heteroatoms. The summed E-state index contributed by atoms with van der Waals surface area (Å²) in [6.07, 6.45) is -2.83. The Kier molecular flexibility index (Phi) is 3.06. The van der Waals surface area contributed by atoms with Gasteiger partial charge in [-0.15, -0.1) is 0 Å². The van der Waals surface area contributed by atoms with Crippen LogP contribution in [-0.2, 0) is 4.74 Å². The molecule has 6 nitrogen and oxygen atoms in total. The van der Waals surface area contributed by atoms with Crippen LogP contribution in [-0.4, -0.2) is 22.9 Å². The number of ether oxygens (including phenoxy) is 2. The molecular weight excluding hydrogens is 248 g/mol. The number of primary amides is 1. The van der Waals surface area contributed by atoms with Crippen molar-refractivity contribution in [3.05, 3.63) is 23.3 Å². The van der Waals surface area contributed by atoms with Crippen molar-refractivity contribution < 1.29 is 19.4 Å². The van der Waals surface area contributed by atoms with E-state index in [2.05, 4.69) is 0 Å². The quantitative estimate of drug-likeness (QED) is 0.663. The van der Waals surface area contributed by atoms with Gasteiger partial charge >= 0.3 is 6.09 Å². The van der Waals surface area contributed by atoms with Crippen LogP contribution in [0.3, 0.4) is 0 Å². The lowest BCUT2D eigenvalue weighted by molar-refractivity contribution is -0.113. The highest BCUT2D eigenvalue weighted by Gasteiger charge is 2.45. The Hall–Kier alpha value is -1.95. The number of rotatable bonds is 1. The topological polar surface area (TPSA) is 108 Å². The fourth-order valence-electron chi connectivity index (χ4n) is 2.20. The van der Waals surface area contributed by atoms with Gasteiger partial charge in [0.2, 0.25) is 0 Å². The smallest absolute Gasteiger partial charge is 0.405 e. The molecule has 2 atom stereocenters. The van der Waals surface area contributed by atoms with Gasteiger partial charge in [-0.05, 0) is 32.9 Å². The Morgan fingerprint density at radius 1 is 1.47 bits per heavy atom. The lowest BCUT2D eigenvalue weighted by Gasteiger charge is -2.41. The molecule has 0 spiro atoms. The van der Waals surface area contributed by atoms with E-state index in [-0.39, 0.29) is 0 Å². The van der Waals surface area contributed by atoms with E-state index in [1.165, 1.54) is 0 Å². The predicted molar refractivity (Wildman–Crippen MR) is 69.7 cm³/mol. The molecule has 1 aliphatic rings. The first-order valence-corrected chi connectivity index (χ1v) is 5.96. The van der Waals surface area contributed by atoms with Crippen LogP contribution in [0.5, 0.6) is 5.75 Å². The number of nitrogens with two attached hydrogens (primary N) is 2. The third-order valence-electron chi connectivity index (χ3n) is 3.39. The molecule has 0 saturated carbocycles. The monoisotopic (exact) mass is 266 g/mol. The van der Waals surface area contributed by atoms with Gasteiger partial charge in [0.15, 0.2) is 6.10 Å². The van der Waals surface area contributed by atoms with Crippen LogP contribution in [0.1, 0.15) is 31.1 Å². The first-order chi connectivity index (χ1) is 8.74. The maximum atomic E-state index is 11.0. The third-order valence-corrected chi connectivity index (χ3v) is 3.39. The zero-order chi connectivity index (χ0) is 14.4. The van der Waals surface area contributed by atoms with Crippen molar-refractivity contribution in [3.63, 3.8) is 0 Å². The minimum absolute atomic E-state index is 0.529. The van der Waals surface area contributed by atoms with Crippen molar-refractivity contribution in [1.29, 1.82) is 0 Å². The molecule has 0 aromatic heterocycles. The van der Waals surface area contributed by atoms with E-state index < -0.39 is 23.9 Å². The lowest BCUT2D eigenvalue weighted by Crippen LogP contribution is -2.50. The van der Waals surface area contributed by atoms with Crippen LogP contribution in [0, 0.1) is 6.92 Å². The summed E-state index contributed by atoms with van der Waals surface area (Å²) in [5.41, 5.74) is 11.9. The van der Waals surface area contributed by atoms with Crippen LogP contribution in [0.15, 0.2) is 12.1 Å². The Balaban J connectivity index is 2.57. The molecule has 1 amide bonds. The van der Waals surface area contributed by atoms with Gasteiger partial charge in [-0.1, -0.05) is 0 Å². The zero-order valence-corrected chi connectivity index (χ0v) is 11.1. The third kappa shape index (κ3) is 2.19. The number of fused-ring (bicyclic) bond motifs is 1. The number of carbonyl (C=O) groups excluding carboxylic acids is 1. The maximum absolute atomic E-state index is 11.0. The summed E-state index contributed by atoms with van der Waals surface area (Å²) >= 11 is 0. The minimum Gasteiger partial charge on any atom is -0.484 e. The van der Waals surface area contributed by atoms with Crippen LogP contribution in [0.2, 0.25) is 0 Å². The van der Waals surface area contributed by atoms with Gasteiger partial charge in [0.05, 0.1) is 0 Å². The Labute approximate surface area is 111 Å². The van der Waals surface area contributed by atoms with Gasteiger partial charge in [-0.25, -0.2) is 4.79 Å². The molecule has 1 heterocycles. The van der Waals surface area contributed by atoms with Crippen LogP contribution in [0.4, 0.5) is 10.5 Å². The molecule has 5 N–H and O–H groups in total. The van der Waals surface area contributed by atoms with Crippen molar-refractivity contribution in [2.75, 3.05) is 5.73 Å². The van der Waals surface area contributed by atoms with E-state index in [1.807, 2.05) is 6.92 Å². The molecule has 1 aliphatic heterocycles. The average Bonchev–Trinajstić information content (AvgIpc) is 2.30. The number of benzene rings is 1. The van der Waals surface area contributed by atoms with Crippen molar-refractivity contribution in [3.8, 4) is 5.75 Å². The number of hydrogen-bond donors (Lipinski definition) is 3. The summed E-state index contributed by atoms with van der Waals surface area (Å²) in [5.74, 6) is 0.529. The van der Waals surface area contributed by atoms with Gasteiger partial charge in [0, 0.05) is 16.8 Å². The molecular formula is C13H18N2O4. The number of nitrogen functional groups attached to an aromatic ring is 1. The van der Waals surface area contributed by atoms with E-state index in [0.29, 0.717) is 17.0 Å². The van der Waals surface area contributed by atoms with E-state index in [4.69, 9.17) is 20.9 Å². The van der Waals surface area contributed by atoms with Crippen molar-refractivity contribution >= 4 is 11.8 Å². The van der Waals surface area contributed by atoms with Gasteiger partial charge in [-0.3, -0.25) is 0 Å². The molecule has 0 aliphatic carbocycles. The van der Waals surface area contributed by atoms with Gasteiger partial charge in [0.25, 0.3) is 0 Å². The van der Waals surface area contributed by atoms with Crippen LogP contribution < -0.4 is 16.2 Å². The molecule has 2 unspecified atom stereocenters. The lowest BCUT2D eigenvalue weighted by atomic mass is 9.87. The van der Waals surface area contributed by atoms with E-state index in [0.717, 1.165) is 5.56 Å². The average molecular weight is 266 g/mol. The second-order valence-electron chi connectivity index (χ2n) is 5.21. The fourth-order valence-corrected chi connectivity index (χ4v) is 2.20. The summed E-state index contributed by atoms with van der Waals surface area (Å²) in [7, 11) is 0. The molecule has 1 aromatic rings. The number of aliphatic hydroxyl groups is 1. The number of amides is 1. The highest BCUT2D eigenvalue weighted by molar-refractivity contribution is 5.66. The van der Waals surface area contributed by atoms with Gasteiger partial charge in [-0.2, -0.15) is 0 Å². The second kappa shape index (κ2) is 4.31. The first kappa shape index (κ1) is 13.5. The minimum atomic E-state index is -1.02. The van der Waals surface area contributed by atoms with E-state index in [9.17, 15) is 9.90 Å². The highest BCUT2D eigenvalue weighted by Crippen LogP contribution is 2.44. The number of carbonyl (C=O) groups is 1. The largest absolute Gasteiger partial charge is 0.484 e. The molecule has 0 radical (unpaired) electrons. The normalized spacial score (nSPS) is 24.2. The summed E-state index contributed by atoms with van der Waals surface area (Å²) in [6.45, 7) is 5.23. The molecule has 2 rings (SSSR count). The van der Waals surface area contributed by atoms with Crippen LogP contribution >= 0.6 is 0 Å². The Bertz CT molecular complexity index is 528. The van der Waals surface area contributed by atoms with E-state index in [1.54, 1.807) is 26.0 Å². The molecule has 0 bridgehead atoms. The molecule has 1 aromatic carbocycles. The molecule has 0 fully saturated rings. The zero-order valence-electron chi connectivity index (χ0n) is 11.1. The number of anilines is 1. The van der Waals surface area contributed by atoms with Crippen molar-refractivity contribution in [2.45, 2.75) is 38.6 Å². The summed E-state index contributed by atoms with van der Waals surface area (Å²) < 4.78 is 10.8. The summed E-state index contributed by atoms with van der Waals surface area (Å²) in [4.78, 5) is 11.0. The molecule has 19 heavy (non-hydrogen) atoms. The Morgan fingerprint density at radius 3 is 2.68 bits per heavy atom. The maximum Gasteiger partial charge on any atom is 0.405 e.